The van der Waals surface area contributed by atoms with Crippen LogP contribution < -0.4 is 0 Å². The molecular weight excluding hydrogens is 256 g/mol. The summed E-state index contributed by atoms with van der Waals surface area (Å²) in [5.41, 5.74) is 2.00. The van der Waals surface area contributed by atoms with Crippen molar-refractivity contribution in [2.45, 2.75) is 19.1 Å². The van der Waals surface area contributed by atoms with Crippen LogP contribution in [0.2, 0.25) is 0 Å². The molecule has 2 aromatic rings. The minimum atomic E-state index is -0.802. The number of ether oxygens (including phenoxy) is 1. The summed E-state index contributed by atoms with van der Waals surface area (Å²) >= 11 is 0. The maximum Gasteiger partial charge on any atom is 0.309 e. The Labute approximate surface area is 116 Å². The molecule has 0 bridgehead atoms. The van der Waals surface area contributed by atoms with Crippen LogP contribution in [0, 0.1) is 5.92 Å². The zero-order chi connectivity index (χ0) is 13.9. The van der Waals surface area contributed by atoms with Crippen molar-refractivity contribution in [3.63, 3.8) is 0 Å². The Morgan fingerprint density at radius 1 is 1.40 bits per heavy atom. The van der Waals surface area contributed by atoms with Gasteiger partial charge in [-0.3, -0.25) is 9.48 Å². The molecule has 1 aliphatic heterocycles. The summed E-state index contributed by atoms with van der Waals surface area (Å²) in [6, 6.07) is 10.0. The fourth-order valence-electron chi connectivity index (χ4n) is 2.55. The topological polar surface area (TPSA) is 64.3 Å². The first-order valence-electron chi connectivity index (χ1n) is 6.65. The maximum absolute atomic E-state index is 11.2. The molecule has 1 fully saturated rings. The van der Waals surface area contributed by atoms with E-state index in [1.54, 1.807) is 6.20 Å². The van der Waals surface area contributed by atoms with Crippen LogP contribution in [0.1, 0.15) is 23.7 Å². The Morgan fingerprint density at radius 3 is 2.95 bits per heavy atom. The average molecular weight is 272 g/mol. The molecule has 2 atom stereocenters. The van der Waals surface area contributed by atoms with E-state index in [1.807, 2.05) is 41.2 Å². The van der Waals surface area contributed by atoms with Gasteiger partial charge in [0.2, 0.25) is 0 Å². The van der Waals surface area contributed by atoms with E-state index in [0.717, 1.165) is 11.1 Å². The summed E-state index contributed by atoms with van der Waals surface area (Å²) in [6.45, 7) is 1.16. The lowest BCUT2D eigenvalue weighted by molar-refractivity contribution is -0.143. The Hall–Kier alpha value is -2.14. The molecule has 0 radical (unpaired) electrons. The lowest BCUT2D eigenvalue weighted by Gasteiger charge is -2.12. The number of hydrogen-bond donors (Lipinski definition) is 1. The summed E-state index contributed by atoms with van der Waals surface area (Å²) < 4.78 is 7.35. The number of carbonyl (C=O) groups is 1. The number of carboxylic acids is 1. The zero-order valence-electron chi connectivity index (χ0n) is 11.0. The van der Waals surface area contributed by atoms with E-state index in [4.69, 9.17) is 4.74 Å². The first kappa shape index (κ1) is 12.9. The van der Waals surface area contributed by atoms with Crippen molar-refractivity contribution in [3.05, 3.63) is 53.9 Å². The number of aromatic nitrogens is 2. The number of nitrogens with zero attached hydrogens (tertiary/aromatic N) is 2. The zero-order valence-corrected chi connectivity index (χ0v) is 11.0. The van der Waals surface area contributed by atoms with E-state index in [9.17, 15) is 9.90 Å². The standard InChI is InChI=1S/C15H16N2O3/c18-15(19)13-6-7-20-14(13)12-8-16-17(10-12)9-11-4-2-1-3-5-11/h1-5,8,10,13-14H,6-7,9H2,(H,18,19)/t13-,14+/m0/s1. The second kappa shape index (κ2) is 5.46. The van der Waals surface area contributed by atoms with E-state index in [0.29, 0.717) is 19.6 Å². The molecule has 3 rings (SSSR count). The lowest BCUT2D eigenvalue weighted by atomic mass is 9.98. The molecule has 0 amide bonds. The highest BCUT2D eigenvalue weighted by Gasteiger charge is 2.35. The fraction of sp³-hybridized carbons (Fsp3) is 0.333. The Bertz CT molecular complexity index is 594. The molecule has 104 valence electrons. The first-order valence-corrected chi connectivity index (χ1v) is 6.65. The lowest BCUT2D eigenvalue weighted by Crippen LogP contribution is -2.17. The van der Waals surface area contributed by atoms with Crippen LogP contribution in [0.25, 0.3) is 0 Å². The van der Waals surface area contributed by atoms with E-state index < -0.39 is 11.9 Å². The predicted octanol–water partition coefficient (Wildman–Crippen LogP) is 2.09. The summed E-state index contributed by atoms with van der Waals surface area (Å²) in [5.74, 6) is -1.27. The van der Waals surface area contributed by atoms with Crippen molar-refractivity contribution in [1.82, 2.24) is 9.78 Å². The first-order chi connectivity index (χ1) is 9.74. The average Bonchev–Trinajstić information content (AvgIpc) is 3.07. The van der Waals surface area contributed by atoms with Crippen molar-refractivity contribution < 1.29 is 14.6 Å². The van der Waals surface area contributed by atoms with Gasteiger partial charge in [-0.05, 0) is 12.0 Å². The van der Waals surface area contributed by atoms with Crippen LogP contribution in [0.4, 0.5) is 0 Å². The van der Waals surface area contributed by atoms with Crippen LogP contribution in [0.3, 0.4) is 0 Å². The van der Waals surface area contributed by atoms with E-state index >= 15 is 0 Å². The van der Waals surface area contributed by atoms with Gasteiger partial charge in [0.25, 0.3) is 0 Å². The third-order valence-corrected chi connectivity index (χ3v) is 3.58. The van der Waals surface area contributed by atoms with Crippen LogP contribution in [-0.4, -0.2) is 27.5 Å². The second-order valence-corrected chi connectivity index (χ2v) is 4.98. The van der Waals surface area contributed by atoms with Crippen molar-refractivity contribution >= 4 is 5.97 Å². The largest absolute Gasteiger partial charge is 0.481 e. The van der Waals surface area contributed by atoms with Gasteiger partial charge >= 0.3 is 5.97 Å². The maximum atomic E-state index is 11.2. The number of benzene rings is 1. The molecule has 5 nitrogen and oxygen atoms in total. The number of aliphatic carboxylic acids is 1. The molecule has 5 heteroatoms. The van der Waals surface area contributed by atoms with Gasteiger partial charge in [-0.1, -0.05) is 30.3 Å². The third kappa shape index (κ3) is 2.58. The quantitative estimate of drug-likeness (QED) is 0.925. The van der Waals surface area contributed by atoms with Crippen molar-refractivity contribution in [3.8, 4) is 0 Å². The molecule has 20 heavy (non-hydrogen) atoms. The molecule has 0 aliphatic carbocycles. The summed E-state index contributed by atoms with van der Waals surface area (Å²) in [4.78, 5) is 11.2. The molecule has 1 aromatic carbocycles. The summed E-state index contributed by atoms with van der Waals surface area (Å²) in [7, 11) is 0. The molecular formula is C15H16N2O3. The fourth-order valence-corrected chi connectivity index (χ4v) is 2.55. The van der Waals surface area contributed by atoms with Crippen molar-refractivity contribution in [1.29, 1.82) is 0 Å². The molecule has 1 saturated heterocycles. The Morgan fingerprint density at radius 2 is 2.20 bits per heavy atom. The van der Waals surface area contributed by atoms with Gasteiger partial charge in [0.05, 0.1) is 24.8 Å². The van der Waals surface area contributed by atoms with Crippen LogP contribution in [-0.2, 0) is 16.1 Å². The monoisotopic (exact) mass is 272 g/mol. The van der Waals surface area contributed by atoms with Gasteiger partial charge in [-0.15, -0.1) is 0 Å². The predicted molar refractivity (Wildman–Crippen MR) is 72.2 cm³/mol. The molecule has 0 unspecified atom stereocenters. The molecule has 2 heterocycles. The molecule has 1 aliphatic rings. The van der Waals surface area contributed by atoms with Crippen molar-refractivity contribution in [2.75, 3.05) is 6.61 Å². The van der Waals surface area contributed by atoms with Crippen LogP contribution in [0.5, 0.6) is 0 Å². The van der Waals surface area contributed by atoms with Crippen molar-refractivity contribution in [2.24, 2.45) is 5.92 Å². The minimum Gasteiger partial charge on any atom is -0.481 e. The van der Waals surface area contributed by atoms with E-state index in [1.165, 1.54) is 0 Å². The number of rotatable bonds is 4. The Kier molecular flexibility index (Phi) is 3.52. The normalized spacial score (nSPS) is 22.0. The summed E-state index contributed by atoms with van der Waals surface area (Å²) in [6.07, 6.45) is 3.76. The Balaban J connectivity index is 1.75. The molecule has 1 aromatic heterocycles. The van der Waals surface area contributed by atoms with Crippen LogP contribution >= 0.6 is 0 Å². The second-order valence-electron chi connectivity index (χ2n) is 4.98. The van der Waals surface area contributed by atoms with E-state index in [-0.39, 0.29) is 6.10 Å². The van der Waals surface area contributed by atoms with Gasteiger partial charge in [-0.25, -0.2) is 0 Å². The molecule has 0 spiro atoms. The highest BCUT2D eigenvalue weighted by Crippen LogP contribution is 2.34. The smallest absolute Gasteiger partial charge is 0.309 e. The van der Waals surface area contributed by atoms with Gasteiger partial charge in [0.1, 0.15) is 0 Å². The van der Waals surface area contributed by atoms with Crippen LogP contribution in [0.15, 0.2) is 42.7 Å². The SMILES string of the molecule is O=C(O)[C@H]1CCO[C@@H]1c1cnn(Cc2ccccc2)c1. The van der Waals surface area contributed by atoms with Gasteiger partial charge in [-0.2, -0.15) is 5.10 Å². The molecule has 0 saturated carbocycles. The van der Waals surface area contributed by atoms with Gasteiger partial charge in [0.15, 0.2) is 0 Å². The number of carboxylic acid groups (broad SMARTS) is 1. The van der Waals surface area contributed by atoms with Gasteiger partial charge < -0.3 is 9.84 Å². The molecule has 1 N–H and O–H groups in total. The highest BCUT2D eigenvalue weighted by molar-refractivity contribution is 5.71. The minimum absolute atomic E-state index is 0.378. The van der Waals surface area contributed by atoms with E-state index in [2.05, 4.69) is 5.10 Å². The number of hydrogen-bond acceptors (Lipinski definition) is 3. The summed E-state index contributed by atoms with van der Waals surface area (Å²) in [5, 5.41) is 13.5. The van der Waals surface area contributed by atoms with Gasteiger partial charge in [0, 0.05) is 18.4 Å². The third-order valence-electron chi connectivity index (χ3n) is 3.58. The highest BCUT2D eigenvalue weighted by atomic mass is 16.5.